The first kappa shape index (κ1) is 18.5. The first-order chi connectivity index (χ1) is 13.9. The van der Waals surface area contributed by atoms with Crippen LogP contribution >= 0.6 is 0 Å². The highest BCUT2D eigenvalue weighted by molar-refractivity contribution is 5.74. The van der Waals surface area contributed by atoms with Gasteiger partial charge in [0, 0.05) is 25.0 Å². The van der Waals surface area contributed by atoms with Gasteiger partial charge in [-0.1, -0.05) is 6.07 Å². The lowest BCUT2D eigenvalue weighted by molar-refractivity contribution is -0.384. The van der Waals surface area contributed by atoms with E-state index < -0.39 is 16.4 Å². The summed E-state index contributed by atoms with van der Waals surface area (Å²) in [7, 11) is 0. The molecule has 2 N–H and O–H groups in total. The predicted octanol–water partition coefficient (Wildman–Crippen LogP) is 3.18. The fourth-order valence-electron chi connectivity index (χ4n) is 3.48. The largest absolute Gasteiger partial charge is 0.350 e. The predicted molar refractivity (Wildman–Crippen MR) is 103 cm³/mol. The van der Waals surface area contributed by atoms with Gasteiger partial charge in [-0.2, -0.15) is 5.10 Å². The van der Waals surface area contributed by atoms with Crippen LogP contribution < -0.4 is 10.6 Å². The Morgan fingerprint density at radius 2 is 2.21 bits per heavy atom. The normalized spacial score (nSPS) is 15.0. The van der Waals surface area contributed by atoms with Gasteiger partial charge in [0.25, 0.3) is 0 Å². The molecule has 0 radical (unpaired) electrons. The third kappa shape index (κ3) is 3.64. The summed E-state index contributed by atoms with van der Waals surface area (Å²) in [4.78, 5) is 26.1. The monoisotopic (exact) mass is 396 g/mol. The van der Waals surface area contributed by atoms with Crippen molar-refractivity contribution in [2.45, 2.75) is 25.8 Å². The maximum atomic E-state index is 14.3. The molecule has 0 aliphatic heterocycles. The highest BCUT2D eigenvalue weighted by Gasteiger charge is 2.25. The molecule has 3 aromatic rings. The van der Waals surface area contributed by atoms with E-state index in [9.17, 15) is 19.3 Å². The zero-order valence-electron chi connectivity index (χ0n) is 15.4. The molecule has 148 valence electrons. The molecule has 9 nitrogen and oxygen atoms in total. The summed E-state index contributed by atoms with van der Waals surface area (Å²) in [5.74, 6) is -1.17. The molecular formula is C19H17FN6O3. The second-order valence-electron chi connectivity index (χ2n) is 6.70. The molecule has 1 atom stereocenters. The second-order valence-corrected chi connectivity index (χ2v) is 6.70. The lowest BCUT2D eigenvalue weighted by Gasteiger charge is -2.14. The van der Waals surface area contributed by atoms with E-state index in [1.54, 1.807) is 12.1 Å². The number of amides is 1. The molecule has 1 amide bonds. The highest BCUT2D eigenvalue weighted by Crippen LogP contribution is 2.35. The summed E-state index contributed by atoms with van der Waals surface area (Å²) >= 11 is 0. The average molecular weight is 396 g/mol. The van der Waals surface area contributed by atoms with Crippen molar-refractivity contribution in [1.29, 1.82) is 0 Å². The molecule has 29 heavy (non-hydrogen) atoms. The van der Waals surface area contributed by atoms with Gasteiger partial charge in [0.15, 0.2) is 11.6 Å². The summed E-state index contributed by atoms with van der Waals surface area (Å²) in [6, 6.07) is 7.87. The van der Waals surface area contributed by atoms with Crippen LogP contribution in [0.5, 0.6) is 0 Å². The zero-order valence-corrected chi connectivity index (χ0v) is 15.4. The molecule has 0 saturated heterocycles. The van der Waals surface area contributed by atoms with Crippen LogP contribution in [-0.2, 0) is 11.2 Å². The number of aromatic nitrogens is 3. The molecule has 0 saturated carbocycles. The van der Waals surface area contributed by atoms with Crippen LogP contribution in [0.4, 0.5) is 21.6 Å². The number of nitrogens with one attached hydrogen (secondary N) is 2. The van der Waals surface area contributed by atoms with Crippen LogP contribution in [0.3, 0.4) is 0 Å². The lowest BCUT2D eigenvalue weighted by Crippen LogP contribution is -2.24. The van der Waals surface area contributed by atoms with Gasteiger partial charge in [-0.15, -0.1) is 0 Å². The summed E-state index contributed by atoms with van der Waals surface area (Å²) < 4.78 is 15.5. The van der Waals surface area contributed by atoms with Crippen molar-refractivity contribution in [2.75, 3.05) is 5.32 Å². The Labute approximate surface area is 164 Å². The SMILES string of the molecule is CC(=O)N[C@H]1CCc2cc(Nc3nc(-n4cccn4)c(F)cc3[N+](=O)[O-])ccc21. The molecule has 2 heterocycles. The van der Waals surface area contributed by atoms with E-state index in [2.05, 4.69) is 20.7 Å². The van der Waals surface area contributed by atoms with Crippen molar-refractivity contribution >= 4 is 23.1 Å². The van der Waals surface area contributed by atoms with Gasteiger partial charge in [0.1, 0.15) is 0 Å². The third-order valence-electron chi connectivity index (χ3n) is 4.72. The molecule has 0 spiro atoms. The van der Waals surface area contributed by atoms with E-state index in [0.717, 1.165) is 30.0 Å². The topological polar surface area (TPSA) is 115 Å². The van der Waals surface area contributed by atoms with Crippen LogP contribution in [0.2, 0.25) is 0 Å². The molecule has 1 aromatic carbocycles. The van der Waals surface area contributed by atoms with Crippen LogP contribution in [-0.4, -0.2) is 25.6 Å². The van der Waals surface area contributed by atoms with Crippen LogP contribution in [0, 0.1) is 15.9 Å². The van der Waals surface area contributed by atoms with E-state index in [1.165, 1.54) is 24.0 Å². The highest BCUT2D eigenvalue weighted by atomic mass is 19.1. The van der Waals surface area contributed by atoms with Crippen LogP contribution in [0.1, 0.15) is 30.5 Å². The summed E-state index contributed by atoms with van der Waals surface area (Å²) in [6.07, 6.45) is 4.52. The van der Waals surface area contributed by atoms with E-state index in [-0.39, 0.29) is 23.6 Å². The number of anilines is 2. The lowest BCUT2D eigenvalue weighted by atomic mass is 10.1. The number of halogens is 1. The number of hydrogen-bond donors (Lipinski definition) is 2. The van der Waals surface area contributed by atoms with E-state index >= 15 is 0 Å². The zero-order chi connectivity index (χ0) is 20.5. The average Bonchev–Trinajstić information content (AvgIpc) is 3.32. The van der Waals surface area contributed by atoms with Crippen molar-refractivity contribution in [3.8, 4) is 5.82 Å². The Bertz CT molecular complexity index is 1100. The molecule has 2 aromatic heterocycles. The maximum Gasteiger partial charge on any atom is 0.314 e. The van der Waals surface area contributed by atoms with Crippen LogP contribution in [0.25, 0.3) is 5.82 Å². The number of nitrogens with zero attached hydrogens (tertiary/aromatic N) is 4. The Hall–Kier alpha value is -3.82. The summed E-state index contributed by atoms with van der Waals surface area (Å²) in [6.45, 7) is 1.48. The van der Waals surface area contributed by atoms with Crippen molar-refractivity contribution in [1.82, 2.24) is 20.1 Å². The Kier molecular flexibility index (Phi) is 4.67. The molecule has 0 fully saturated rings. The number of nitro groups is 1. The Morgan fingerprint density at radius 1 is 1.38 bits per heavy atom. The molecular weight excluding hydrogens is 379 g/mol. The first-order valence-corrected chi connectivity index (χ1v) is 8.94. The molecule has 10 heteroatoms. The number of rotatable bonds is 5. The van der Waals surface area contributed by atoms with Crippen molar-refractivity contribution in [3.63, 3.8) is 0 Å². The van der Waals surface area contributed by atoms with Gasteiger partial charge in [-0.05, 0) is 42.2 Å². The number of carbonyl (C=O) groups excluding carboxylic acids is 1. The standard InChI is InChI=1S/C19H17FN6O3/c1-11(27)22-16-6-3-12-9-13(4-5-14(12)16)23-18-17(26(28)29)10-15(20)19(24-18)25-8-2-7-21-25/h2,4-5,7-10,16H,3,6H2,1H3,(H,22,27)(H,23,24)/t16-/m0/s1. The number of fused-ring (bicyclic) bond motifs is 1. The molecule has 0 bridgehead atoms. The molecule has 4 rings (SSSR count). The molecule has 1 aliphatic carbocycles. The van der Waals surface area contributed by atoms with Crippen LogP contribution in [0.15, 0.2) is 42.7 Å². The van der Waals surface area contributed by atoms with E-state index in [0.29, 0.717) is 5.69 Å². The summed E-state index contributed by atoms with van der Waals surface area (Å²) in [5.41, 5.74) is 2.16. The van der Waals surface area contributed by atoms with E-state index in [1.807, 2.05) is 12.1 Å². The Balaban J connectivity index is 1.68. The second kappa shape index (κ2) is 7.30. The van der Waals surface area contributed by atoms with Gasteiger partial charge in [0.2, 0.25) is 11.7 Å². The number of aryl methyl sites for hydroxylation is 1. The van der Waals surface area contributed by atoms with Crippen molar-refractivity contribution in [2.24, 2.45) is 0 Å². The summed E-state index contributed by atoms with van der Waals surface area (Å²) in [5, 5.41) is 21.2. The number of benzene rings is 1. The van der Waals surface area contributed by atoms with Crippen molar-refractivity contribution in [3.05, 3.63) is 69.8 Å². The molecule has 0 unspecified atom stereocenters. The number of hydrogen-bond acceptors (Lipinski definition) is 6. The van der Waals surface area contributed by atoms with Gasteiger partial charge in [-0.25, -0.2) is 14.1 Å². The van der Waals surface area contributed by atoms with E-state index in [4.69, 9.17) is 0 Å². The maximum absolute atomic E-state index is 14.3. The Morgan fingerprint density at radius 3 is 2.90 bits per heavy atom. The minimum atomic E-state index is -0.849. The van der Waals surface area contributed by atoms with Gasteiger partial charge < -0.3 is 10.6 Å². The quantitative estimate of drug-likeness (QED) is 0.506. The van der Waals surface area contributed by atoms with Gasteiger partial charge in [-0.3, -0.25) is 14.9 Å². The minimum Gasteiger partial charge on any atom is -0.350 e. The number of carbonyl (C=O) groups is 1. The first-order valence-electron chi connectivity index (χ1n) is 8.94. The molecule has 1 aliphatic rings. The fraction of sp³-hybridized carbons (Fsp3) is 0.211. The van der Waals surface area contributed by atoms with Gasteiger partial charge in [0.05, 0.1) is 17.0 Å². The smallest absolute Gasteiger partial charge is 0.314 e. The minimum absolute atomic E-state index is 0.0405. The van der Waals surface area contributed by atoms with Crippen molar-refractivity contribution < 1.29 is 14.1 Å². The number of pyridine rings is 1. The van der Waals surface area contributed by atoms with Gasteiger partial charge >= 0.3 is 5.69 Å². The fourth-order valence-corrected chi connectivity index (χ4v) is 3.48. The third-order valence-corrected chi connectivity index (χ3v) is 4.72.